The summed E-state index contributed by atoms with van der Waals surface area (Å²) in [5.74, 6) is 0.436. The molecule has 0 spiro atoms. The molecule has 0 aliphatic carbocycles. The summed E-state index contributed by atoms with van der Waals surface area (Å²) in [4.78, 5) is 9.03. The van der Waals surface area contributed by atoms with Crippen LogP contribution in [0.1, 0.15) is 48.7 Å². The van der Waals surface area contributed by atoms with Crippen LogP contribution < -0.4 is 5.32 Å². The Kier molecular flexibility index (Phi) is 8.32. The normalized spacial score (nSPS) is 13.3. The first-order chi connectivity index (χ1) is 15.3. The Morgan fingerprint density at radius 2 is 1.19 bits per heavy atom. The van der Waals surface area contributed by atoms with E-state index in [0.717, 1.165) is 22.6 Å². The van der Waals surface area contributed by atoms with Crippen molar-refractivity contribution in [3.8, 4) is 0 Å². The number of aliphatic hydroxyl groups excluding tert-OH is 1. The average molecular weight is 412 g/mol. The average Bonchev–Trinajstić information content (AvgIpc) is 2.87. The SMILES string of the molecule is CC.OC(c1ccccc1)C(c1ccccn1)C(Nc1ccccn1)c1ccccc1. The number of aromatic nitrogens is 2. The largest absolute Gasteiger partial charge is 0.388 e. The number of rotatable bonds is 7. The molecule has 2 aromatic heterocycles. The molecule has 4 heteroatoms. The maximum absolute atomic E-state index is 11.4. The van der Waals surface area contributed by atoms with Crippen molar-refractivity contribution in [2.45, 2.75) is 31.9 Å². The van der Waals surface area contributed by atoms with Crippen LogP contribution >= 0.6 is 0 Å². The van der Waals surface area contributed by atoms with E-state index in [2.05, 4.69) is 27.4 Å². The number of aliphatic hydroxyl groups is 1. The van der Waals surface area contributed by atoms with Crippen LogP contribution in [0, 0.1) is 0 Å². The molecule has 0 bridgehead atoms. The van der Waals surface area contributed by atoms with E-state index < -0.39 is 6.10 Å². The highest BCUT2D eigenvalue weighted by Crippen LogP contribution is 2.41. The molecule has 0 amide bonds. The molecule has 0 radical (unpaired) electrons. The minimum absolute atomic E-state index is 0.226. The van der Waals surface area contributed by atoms with Crippen LogP contribution in [-0.2, 0) is 0 Å². The number of nitrogens with zero attached hydrogens (tertiary/aromatic N) is 2. The summed E-state index contributed by atoms with van der Waals surface area (Å²) < 4.78 is 0. The number of nitrogens with one attached hydrogen (secondary N) is 1. The van der Waals surface area contributed by atoms with Crippen molar-refractivity contribution < 1.29 is 5.11 Å². The van der Waals surface area contributed by atoms with Crippen LogP contribution in [0.25, 0.3) is 0 Å². The molecular formula is C27H29N3O. The highest BCUT2D eigenvalue weighted by molar-refractivity contribution is 5.41. The van der Waals surface area contributed by atoms with E-state index in [0.29, 0.717) is 0 Å². The van der Waals surface area contributed by atoms with Crippen molar-refractivity contribution in [2.75, 3.05) is 5.32 Å². The molecule has 0 saturated heterocycles. The van der Waals surface area contributed by atoms with Gasteiger partial charge in [-0.1, -0.05) is 86.6 Å². The Labute approximate surface area is 184 Å². The fourth-order valence-corrected chi connectivity index (χ4v) is 3.59. The van der Waals surface area contributed by atoms with E-state index in [1.165, 1.54) is 0 Å². The molecule has 0 saturated carbocycles. The van der Waals surface area contributed by atoms with Crippen molar-refractivity contribution in [2.24, 2.45) is 0 Å². The van der Waals surface area contributed by atoms with Gasteiger partial charge in [0.05, 0.1) is 18.1 Å². The van der Waals surface area contributed by atoms with Gasteiger partial charge in [0.2, 0.25) is 0 Å². The summed E-state index contributed by atoms with van der Waals surface area (Å²) in [6.45, 7) is 4.00. The third kappa shape index (κ3) is 5.77. The van der Waals surface area contributed by atoms with Gasteiger partial charge in [0, 0.05) is 18.1 Å². The Bertz CT molecular complexity index is 996. The van der Waals surface area contributed by atoms with E-state index in [9.17, 15) is 5.11 Å². The van der Waals surface area contributed by atoms with Crippen LogP contribution in [0.4, 0.5) is 5.82 Å². The van der Waals surface area contributed by atoms with Gasteiger partial charge in [-0.15, -0.1) is 0 Å². The van der Waals surface area contributed by atoms with Gasteiger partial charge in [0.25, 0.3) is 0 Å². The Balaban J connectivity index is 0.00000132. The molecule has 3 unspecified atom stereocenters. The van der Waals surface area contributed by atoms with Crippen LogP contribution in [-0.4, -0.2) is 15.1 Å². The molecule has 0 aliphatic rings. The van der Waals surface area contributed by atoms with E-state index in [-0.39, 0.29) is 12.0 Å². The molecule has 4 rings (SSSR count). The third-order valence-corrected chi connectivity index (χ3v) is 5.00. The molecule has 4 aromatic rings. The Morgan fingerprint density at radius 1 is 0.645 bits per heavy atom. The van der Waals surface area contributed by atoms with E-state index in [1.54, 1.807) is 12.4 Å². The molecule has 3 atom stereocenters. The lowest BCUT2D eigenvalue weighted by atomic mass is 9.82. The number of hydrogen-bond donors (Lipinski definition) is 2. The zero-order valence-electron chi connectivity index (χ0n) is 18.0. The second-order valence-electron chi connectivity index (χ2n) is 6.88. The molecule has 0 aliphatic heterocycles. The zero-order valence-corrected chi connectivity index (χ0v) is 18.0. The van der Waals surface area contributed by atoms with Crippen LogP contribution in [0.2, 0.25) is 0 Å². The van der Waals surface area contributed by atoms with Crippen molar-refractivity contribution in [3.05, 3.63) is 126 Å². The standard InChI is InChI=1S/C25H23N3O.C2H6/c29-25(20-13-5-2-6-14-20)23(21-15-7-9-17-26-21)24(19-11-3-1-4-12-19)28-22-16-8-10-18-27-22;1-2/h1-18,23-25,29H,(H,27,28);1-2H3. The van der Waals surface area contributed by atoms with Gasteiger partial charge in [-0.05, 0) is 35.4 Å². The number of anilines is 1. The summed E-state index contributed by atoms with van der Waals surface area (Å²) in [5, 5.41) is 15.0. The van der Waals surface area contributed by atoms with Gasteiger partial charge >= 0.3 is 0 Å². The van der Waals surface area contributed by atoms with Crippen LogP contribution in [0.15, 0.2) is 109 Å². The molecule has 0 fully saturated rings. The summed E-state index contributed by atoms with van der Waals surface area (Å²) in [7, 11) is 0. The lowest BCUT2D eigenvalue weighted by Crippen LogP contribution is -2.26. The summed E-state index contributed by atoms with van der Waals surface area (Å²) in [5.41, 5.74) is 2.73. The monoisotopic (exact) mass is 411 g/mol. The molecule has 2 heterocycles. The van der Waals surface area contributed by atoms with Crippen molar-refractivity contribution in [1.82, 2.24) is 9.97 Å². The molecule has 2 N–H and O–H groups in total. The topological polar surface area (TPSA) is 58.0 Å². The highest BCUT2D eigenvalue weighted by Gasteiger charge is 2.33. The number of benzene rings is 2. The van der Waals surface area contributed by atoms with E-state index >= 15 is 0 Å². The first-order valence-electron chi connectivity index (χ1n) is 10.7. The minimum Gasteiger partial charge on any atom is -0.388 e. The second kappa shape index (κ2) is 11.6. The lowest BCUT2D eigenvalue weighted by molar-refractivity contribution is 0.133. The molecule has 31 heavy (non-hydrogen) atoms. The summed E-state index contributed by atoms with van der Waals surface area (Å²) >= 11 is 0. The predicted molar refractivity (Wildman–Crippen MR) is 127 cm³/mol. The van der Waals surface area contributed by atoms with Gasteiger partial charge < -0.3 is 10.4 Å². The third-order valence-electron chi connectivity index (χ3n) is 5.00. The van der Waals surface area contributed by atoms with Gasteiger partial charge in [0.15, 0.2) is 0 Å². The molecule has 2 aromatic carbocycles. The summed E-state index contributed by atoms with van der Waals surface area (Å²) in [6.07, 6.45) is 2.78. The predicted octanol–water partition coefficient (Wildman–Crippen LogP) is 6.17. The van der Waals surface area contributed by atoms with Gasteiger partial charge in [-0.3, -0.25) is 4.98 Å². The Hall–Kier alpha value is -3.50. The highest BCUT2D eigenvalue weighted by atomic mass is 16.3. The maximum Gasteiger partial charge on any atom is 0.126 e. The van der Waals surface area contributed by atoms with Crippen LogP contribution in [0.3, 0.4) is 0 Å². The number of pyridine rings is 2. The Morgan fingerprint density at radius 3 is 1.74 bits per heavy atom. The second-order valence-corrected chi connectivity index (χ2v) is 6.88. The summed E-state index contributed by atoms with van der Waals surface area (Å²) in [6, 6.07) is 31.2. The smallest absolute Gasteiger partial charge is 0.126 e. The van der Waals surface area contributed by atoms with E-state index in [4.69, 9.17) is 0 Å². The minimum atomic E-state index is -0.743. The van der Waals surface area contributed by atoms with Crippen molar-refractivity contribution in [3.63, 3.8) is 0 Å². The lowest BCUT2D eigenvalue weighted by Gasteiger charge is -2.32. The fraction of sp³-hybridized carbons (Fsp3) is 0.185. The van der Waals surface area contributed by atoms with E-state index in [1.807, 2.05) is 98.8 Å². The zero-order chi connectivity index (χ0) is 21.9. The van der Waals surface area contributed by atoms with Crippen LogP contribution in [0.5, 0.6) is 0 Å². The van der Waals surface area contributed by atoms with Crippen molar-refractivity contribution >= 4 is 5.82 Å². The van der Waals surface area contributed by atoms with Gasteiger partial charge in [-0.2, -0.15) is 0 Å². The fourth-order valence-electron chi connectivity index (χ4n) is 3.59. The number of hydrogen-bond acceptors (Lipinski definition) is 4. The molecular weight excluding hydrogens is 382 g/mol. The molecule has 158 valence electrons. The first kappa shape index (κ1) is 22.2. The first-order valence-corrected chi connectivity index (χ1v) is 10.7. The van der Waals surface area contributed by atoms with Gasteiger partial charge in [-0.25, -0.2) is 4.98 Å². The molecule has 4 nitrogen and oxygen atoms in total. The van der Waals surface area contributed by atoms with Gasteiger partial charge in [0.1, 0.15) is 5.82 Å². The maximum atomic E-state index is 11.4. The van der Waals surface area contributed by atoms with Crippen molar-refractivity contribution in [1.29, 1.82) is 0 Å². The quantitative estimate of drug-likeness (QED) is 0.382.